The lowest BCUT2D eigenvalue weighted by Gasteiger charge is -2.17. The number of likely N-dealkylation sites (N-methyl/N-ethyl adjacent to an activating group) is 1. The van der Waals surface area contributed by atoms with Crippen LogP contribution in [0.3, 0.4) is 0 Å². The highest BCUT2D eigenvalue weighted by atomic mass is 35.5. The van der Waals surface area contributed by atoms with E-state index in [1.165, 1.54) is 0 Å². The van der Waals surface area contributed by atoms with Crippen LogP contribution in [0.15, 0.2) is 54.6 Å². The number of hydrogen-bond donors (Lipinski definition) is 0. The van der Waals surface area contributed by atoms with Gasteiger partial charge < -0.3 is 9.64 Å². The van der Waals surface area contributed by atoms with Crippen molar-refractivity contribution in [3.8, 4) is 0 Å². The number of rotatable bonds is 5. The van der Waals surface area contributed by atoms with Crippen molar-refractivity contribution >= 4 is 17.7 Å². The Hall–Kier alpha value is -2.00. The summed E-state index contributed by atoms with van der Waals surface area (Å²) in [5.74, 6) is 0. The Bertz CT molecular complexity index is 586. The van der Waals surface area contributed by atoms with Gasteiger partial charge in [-0.15, -0.1) is 0 Å². The van der Waals surface area contributed by atoms with E-state index in [1.54, 1.807) is 11.9 Å². The van der Waals surface area contributed by atoms with E-state index < -0.39 is 0 Å². The zero-order chi connectivity index (χ0) is 15.1. The minimum absolute atomic E-state index is 0.293. The van der Waals surface area contributed by atoms with Crippen LogP contribution in [-0.4, -0.2) is 24.6 Å². The third-order valence-corrected chi connectivity index (χ3v) is 3.38. The summed E-state index contributed by atoms with van der Waals surface area (Å²) in [5.41, 5.74) is 2.08. The fraction of sp³-hybridized carbons (Fsp3) is 0.235. The molecule has 1 amide bonds. The number of hydrogen-bond acceptors (Lipinski definition) is 2. The second kappa shape index (κ2) is 7.70. The third kappa shape index (κ3) is 5.12. The van der Waals surface area contributed by atoms with Crippen molar-refractivity contribution in [2.24, 2.45) is 0 Å². The number of benzene rings is 2. The van der Waals surface area contributed by atoms with Crippen molar-refractivity contribution in [1.82, 2.24) is 4.90 Å². The number of halogens is 1. The molecule has 21 heavy (non-hydrogen) atoms. The lowest BCUT2D eigenvalue weighted by atomic mass is 10.1. The van der Waals surface area contributed by atoms with Gasteiger partial charge in [-0.05, 0) is 29.7 Å². The lowest BCUT2D eigenvalue weighted by Crippen LogP contribution is -2.29. The average molecular weight is 304 g/mol. The zero-order valence-corrected chi connectivity index (χ0v) is 12.7. The van der Waals surface area contributed by atoms with Gasteiger partial charge in [0.05, 0.1) is 0 Å². The molecule has 0 heterocycles. The summed E-state index contributed by atoms with van der Waals surface area (Å²) >= 11 is 5.94. The lowest BCUT2D eigenvalue weighted by molar-refractivity contribution is 0.105. The highest BCUT2D eigenvalue weighted by Crippen LogP contribution is 2.11. The summed E-state index contributed by atoms with van der Waals surface area (Å²) in [6, 6.07) is 17.3. The second-order valence-corrected chi connectivity index (χ2v) is 5.28. The summed E-state index contributed by atoms with van der Waals surface area (Å²) in [4.78, 5) is 13.5. The highest BCUT2D eigenvalue weighted by Gasteiger charge is 2.10. The van der Waals surface area contributed by atoms with E-state index >= 15 is 0 Å². The Kier molecular flexibility index (Phi) is 5.64. The standard InChI is InChI=1S/C17H18ClNO2/c1-19(11-10-14-8-5-9-16(18)12-14)17(20)21-13-15-6-3-2-4-7-15/h2-9,12H,10-11,13H2,1H3. The van der Waals surface area contributed by atoms with E-state index in [0.717, 1.165) is 17.5 Å². The van der Waals surface area contributed by atoms with Crippen molar-refractivity contribution in [2.45, 2.75) is 13.0 Å². The molecule has 0 aliphatic heterocycles. The predicted octanol–water partition coefficient (Wildman–Crippen LogP) is 4.15. The zero-order valence-electron chi connectivity index (χ0n) is 12.0. The number of carbonyl (C=O) groups is 1. The van der Waals surface area contributed by atoms with Crippen LogP contribution in [0.2, 0.25) is 5.02 Å². The topological polar surface area (TPSA) is 29.5 Å². The van der Waals surface area contributed by atoms with Gasteiger partial charge in [-0.1, -0.05) is 54.1 Å². The summed E-state index contributed by atoms with van der Waals surface area (Å²) in [6.45, 7) is 0.884. The van der Waals surface area contributed by atoms with Gasteiger partial charge in [0.15, 0.2) is 0 Å². The van der Waals surface area contributed by atoms with E-state index in [2.05, 4.69) is 0 Å². The SMILES string of the molecule is CN(CCc1cccc(Cl)c1)C(=O)OCc1ccccc1. The molecule has 0 saturated heterocycles. The molecule has 0 aliphatic rings. The fourth-order valence-corrected chi connectivity index (χ4v) is 2.12. The smallest absolute Gasteiger partial charge is 0.409 e. The van der Waals surface area contributed by atoms with Crippen LogP contribution in [0.5, 0.6) is 0 Å². The second-order valence-electron chi connectivity index (χ2n) is 4.84. The first-order valence-electron chi connectivity index (χ1n) is 6.81. The van der Waals surface area contributed by atoms with Crippen molar-refractivity contribution in [1.29, 1.82) is 0 Å². The normalized spacial score (nSPS) is 10.2. The maximum absolute atomic E-state index is 11.9. The largest absolute Gasteiger partial charge is 0.445 e. The molecule has 0 bridgehead atoms. The molecule has 0 aliphatic carbocycles. The molecule has 0 atom stereocenters. The van der Waals surface area contributed by atoms with Gasteiger partial charge in [-0.2, -0.15) is 0 Å². The number of carbonyl (C=O) groups excluding carboxylic acids is 1. The third-order valence-electron chi connectivity index (χ3n) is 3.14. The molecular formula is C17H18ClNO2. The van der Waals surface area contributed by atoms with E-state index in [4.69, 9.17) is 16.3 Å². The molecule has 2 rings (SSSR count). The van der Waals surface area contributed by atoms with Crippen LogP contribution < -0.4 is 0 Å². The van der Waals surface area contributed by atoms with Crippen LogP contribution in [0, 0.1) is 0 Å². The maximum Gasteiger partial charge on any atom is 0.409 e. The van der Waals surface area contributed by atoms with E-state index in [1.807, 2.05) is 54.6 Å². The van der Waals surface area contributed by atoms with Gasteiger partial charge in [0.2, 0.25) is 0 Å². The van der Waals surface area contributed by atoms with Crippen LogP contribution in [0.4, 0.5) is 4.79 Å². The molecule has 4 heteroatoms. The molecule has 0 aromatic heterocycles. The molecule has 0 spiro atoms. The van der Waals surface area contributed by atoms with E-state index in [-0.39, 0.29) is 6.09 Å². The number of amides is 1. The van der Waals surface area contributed by atoms with Gasteiger partial charge in [0.25, 0.3) is 0 Å². The summed E-state index contributed by atoms with van der Waals surface area (Å²) < 4.78 is 5.26. The highest BCUT2D eigenvalue weighted by molar-refractivity contribution is 6.30. The molecular weight excluding hydrogens is 286 g/mol. The van der Waals surface area contributed by atoms with Crippen LogP contribution in [0.25, 0.3) is 0 Å². The monoisotopic (exact) mass is 303 g/mol. The molecule has 110 valence electrons. The average Bonchev–Trinajstić information content (AvgIpc) is 2.51. The first kappa shape index (κ1) is 15.4. The Morgan fingerprint density at radius 3 is 2.52 bits per heavy atom. The Labute approximate surface area is 130 Å². The molecule has 3 nitrogen and oxygen atoms in total. The van der Waals surface area contributed by atoms with Crippen LogP contribution >= 0.6 is 11.6 Å². The minimum Gasteiger partial charge on any atom is -0.445 e. The van der Waals surface area contributed by atoms with E-state index in [9.17, 15) is 4.79 Å². The van der Waals surface area contributed by atoms with Gasteiger partial charge in [0, 0.05) is 18.6 Å². The van der Waals surface area contributed by atoms with Crippen molar-refractivity contribution in [3.63, 3.8) is 0 Å². The first-order chi connectivity index (χ1) is 10.1. The van der Waals surface area contributed by atoms with Gasteiger partial charge >= 0.3 is 6.09 Å². The minimum atomic E-state index is -0.319. The summed E-state index contributed by atoms with van der Waals surface area (Å²) in [7, 11) is 1.73. The van der Waals surface area contributed by atoms with Crippen molar-refractivity contribution in [2.75, 3.05) is 13.6 Å². The molecule has 0 fully saturated rings. The molecule has 2 aromatic rings. The molecule has 0 saturated carbocycles. The first-order valence-corrected chi connectivity index (χ1v) is 7.19. The summed E-state index contributed by atoms with van der Waals surface area (Å²) in [5, 5.41) is 0.710. The van der Waals surface area contributed by atoms with E-state index in [0.29, 0.717) is 18.2 Å². The van der Waals surface area contributed by atoms with Gasteiger partial charge in [-0.25, -0.2) is 4.79 Å². The Balaban J connectivity index is 1.77. The fourth-order valence-electron chi connectivity index (χ4n) is 1.91. The maximum atomic E-state index is 11.9. The number of ether oxygens (including phenoxy) is 1. The van der Waals surface area contributed by atoms with Crippen LogP contribution in [0.1, 0.15) is 11.1 Å². The number of nitrogens with zero attached hydrogens (tertiary/aromatic N) is 1. The van der Waals surface area contributed by atoms with Gasteiger partial charge in [-0.3, -0.25) is 0 Å². The summed E-state index contributed by atoms with van der Waals surface area (Å²) in [6.07, 6.45) is 0.429. The van der Waals surface area contributed by atoms with Crippen LogP contribution in [-0.2, 0) is 17.8 Å². The van der Waals surface area contributed by atoms with Crippen molar-refractivity contribution in [3.05, 3.63) is 70.7 Å². The molecule has 2 aromatic carbocycles. The van der Waals surface area contributed by atoms with Crippen molar-refractivity contribution < 1.29 is 9.53 Å². The predicted molar refractivity (Wildman–Crippen MR) is 84.4 cm³/mol. The Morgan fingerprint density at radius 2 is 1.81 bits per heavy atom. The molecule has 0 unspecified atom stereocenters. The van der Waals surface area contributed by atoms with Gasteiger partial charge in [0.1, 0.15) is 6.61 Å². The quantitative estimate of drug-likeness (QED) is 0.830. The Morgan fingerprint density at radius 1 is 1.10 bits per heavy atom. The molecule has 0 N–H and O–H groups in total. The molecule has 0 radical (unpaired) electrons.